The van der Waals surface area contributed by atoms with Crippen molar-refractivity contribution in [1.82, 2.24) is 0 Å². The number of anilines is 1. The third kappa shape index (κ3) is 2.13. The monoisotopic (exact) mass is 400 g/mol. The summed E-state index contributed by atoms with van der Waals surface area (Å²) in [6.45, 7) is 1.87. The molecular formula is C24H20N2O4. The van der Waals surface area contributed by atoms with E-state index in [0.717, 1.165) is 22.0 Å². The molecule has 150 valence electrons. The Morgan fingerprint density at radius 2 is 1.83 bits per heavy atom. The molecule has 0 bridgehead atoms. The second-order valence-electron chi connectivity index (χ2n) is 7.36. The van der Waals surface area contributed by atoms with E-state index in [1.807, 2.05) is 54.6 Å². The summed E-state index contributed by atoms with van der Waals surface area (Å²) >= 11 is 0. The van der Waals surface area contributed by atoms with E-state index >= 15 is 0 Å². The topological polar surface area (TPSA) is 81.9 Å². The molecule has 1 spiro atoms. The number of para-hydroxylation sites is 1. The first-order chi connectivity index (χ1) is 14.5. The molecule has 5 rings (SSSR count). The van der Waals surface area contributed by atoms with Gasteiger partial charge < -0.3 is 20.1 Å². The molecule has 2 aliphatic rings. The first kappa shape index (κ1) is 18.2. The fourth-order valence-corrected chi connectivity index (χ4v) is 4.60. The molecule has 3 aromatic carbocycles. The quantitative estimate of drug-likeness (QED) is 0.668. The van der Waals surface area contributed by atoms with Gasteiger partial charge in [-0.3, -0.25) is 4.79 Å². The van der Waals surface area contributed by atoms with Crippen molar-refractivity contribution in [3.63, 3.8) is 0 Å². The number of amides is 1. The summed E-state index contributed by atoms with van der Waals surface area (Å²) in [6.07, 6.45) is 0. The van der Waals surface area contributed by atoms with Crippen LogP contribution in [-0.4, -0.2) is 25.5 Å². The van der Waals surface area contributed by atoms with Crippen LogP contribution in [0.4, 0.5) is 5.69 Å². The van der Waals surface area contributed by atoms with Crippen molar-refractivity contribution in [2.24, 2.45) is 5.73 Å². The Labute approximate surface area is 173 Å². The molecule has 0 fully saturated rings. The van der Waals surface area contributed by atoms with Gasteiger partial charge in [-0.2, -0.15) is 0 Å². The third-order valence-electron chi connectivity index (χ3n) is 5.88. The first-order valence-electron chi connectivity index (χ1n) is 9.76. The number of carbonyl (C=O) groups is 2. The van der Waals surface area contributed by atoms with Gasteiger partial charge in [0, 0.05) is 23.9 Å². The van der Waals surface area contributed by atoms with Crippen molar-refractivity contribution in [1.29, 1.82) is 0 Å². The summed E-state index contributed by atoms with van der Waals surface area (Å²) in [5.74, 6) is -0.639. The lowest BCUT2D eigenvalue weighted by molar-refractivity contribution is -0.141. The van der Waals surface area contributed by atoms with Crippen LogP contribution in [0.2, 0.25) is 0 Å². The van der Waals surface area contributed by atoms with Crippen LogP contribution in [-0.2, 0) is 19.7 Å². The molecule has 2 aliphatic heterocycles. The molecule has 2 N–H and O–H groups in total. The minimum Gasteiger partial charge on any atom is -0.460 e. The zero-order chi connectivity index (χ0) is 21.0. The van der Waals surface area contributed by atoms with Gasteiger partial charge >= 0.3 is 5.97 Å². The molecule has 6 nitrogen and oxygen atoms in total. The summed E-state index contributed by atoms with van der Waals surface area (Å²) in [4.78, 5) is 28.2. The number of carbonyl (C=O) groups excluding carboxylic acids is 2. The van der Waals surface area contributed by atoms with Crippen LogP contribution in [0.25, 0.3) is 10.8 Å². The van der Waals surface area contributed by atoms with E-state index in [1.54, 1.807) is 24.9 Å². The van der Waals surface area contributed by atoms with E-state index in [1.165, 1.54) is 0 Å². The average molecular weight is 400 g/mol. The van der Waals surface area contributed by atoms with Gasteiger partial charge in [-0.15, -0.1) is 0 Å². The van der Waals surface area contributed by atoms with Crippen molar-refractivity contribution < 1.29 is 19.1 Å². The fraction of sp³-hybridized carbons (Fsp3) is 0.167. The molecule has 1 amide bonds. The van der Waals surface area contributed by atoms with E-state index in [0.29, 0.717) is 11.3 Å². The second-order valence-corrected chi connectivity index (χ2v) is 7.36. The minimum absolute atomic E-state index is 0.0478. The van der Waals surface area contributed by atoms with E-state index in [2.05, 4.69) is 0 Å². The predicted octanol–water partition coefficient (Wildman–Crippen LogP) is 3.23. The lowest BCUT2D eigenvalue weighted by Gasteiger charge is -2.36. The van der Waals surface area contributed by atoms with Crippen LogP contribution in [0.15, 0.2) is 72.1 Å². The zero-order valence-electron chi connectivity index (χ0n) is 16.6. The highest BCUT2D eigenvalue weighted by Gasteiger charge is 2.58. The number of likely N-dealkylation sites (N-methyl/N-ethyl adjacent to an activating group) is 1. The molecule has 6 heteroatoms. The van der Waals surface area contributed by atoms with Crippen LogP contribution in [0, 0.1) is 0 Å². The SMILES string of the molecule is CCOC(=O)C1=C(N)C2(C(=O)N(C)c3ccccc32)c2c(ccc3ccccc23)O1. The highest BCUT2D eigenvalue weighted by molar-refractivity contribution is 6.16. The van der Waals surface area contributed by atoms with Crippen molar-refractivity contribution in [3.05, 3.63) is 83.2 Å². The Morgan fingerprint density at radius 1 is 1.10 bits per heavy atom. The molecule has 0 saturated carbocycles. The number of hydrogen-bond acceptors (Lipinski definition) is 5. The predicted molar refractivity (Wildman–Crippen MR) is 113 cm³/mol. The van der Waals surface area contributed by atoms with Crippen LogP contribution in [0.3, 0.4) is 0 Å². The minimum atomic E-state index is -1.37. The van der Waals surface area contributed by atoms with E-state index < -0.39 is 11.4 Å². The Morgan fingerprint density at radius 3 is 2.63 bits per heavy atom. The fourth-order valence-electron chi connectivity index (χ4n) is 4.60. The highest BCUT2D eigenvalue weighted by Crippen LogP contribution is 2.55. The number of nitrogens with zero attached hydrogens (tertiary/aromatic N) is 1. The van der Waals surface area contributed by atoms with Crippen LogP contribution in [0.1, 0.15) is 18.1 Å². The molecule has 2 heterocycles. The number of nitrogens with two attached hydrogens (primary N) is 1. The lowest BCUT2D eigenvalue weighted by atomic mass is 9.69. The van der Waals surface area contributed by atoms with Gasteiger partial charge in [0.25, 0.3) is 0 Å². The number of fused-ring (bicyclic) bond motifs is 6. The second kappa shape index (κ2) is 6.35. The van der Waals surface area contributed by atoms with E-state index in [-0.39, 0.29) is 24.0 Å². The zero-order valence-corrected chi connectivity index (χ0v) is 16.6. The van der Waals surface area contributed by atoms with Gasteiger partial charge in [0.15, 0.2) is 0 Å². The molecule has 1 unspecified atom stereocenters. The molecule has 1 atom stereocenters. The molecule has 0 radical (unpaired) electrons. The molecule has 0 aliphatic carbocycles. The average Bonchev–Trinajstić information content (AvgIpc) is 2.99. The summed E-state index contributed by atoms with van der Waals surface area (Å²) in [7, 11) is 1.72. The Balaban J connectivity index is 1.95. The number of ether oxygens (including phenoxy) is 2. The maximum atomic E-state index is 13.9. The molecule has 0 saturated heterocycles. The standard InChI is InChI=1S/C24H20N2O4/c1-3-29-22(27)20-21(25)24(16-10-6-7-11-17(16)26(2)23(24)28)19-15-9-5-4-8-14(15)12-13-18(19)30-20/h4-13H,3,25H2,1-2H3. The number of rotatable bonds is 2. The number of hydrogen-bond donors (Lipinski definition) is 1. The lowest BCUT2D eigenvalue weighted by Crippen LogP contribution is -2.48. The maximum absolute atomic E-state index is 13.9. The van der Waals surface area contributed by atoms with Crippen molar-refractivity contribution in [2.45, 2.75) is 12.3 Å². The van der Waals surface area contributed by atoms with Gasteiger partial charge in [0.05, 0.1) is 12.3 Å². The smallest absolute Gasteiger partial charge is 0.376 e. The Bertz CT molecular complexity index is 1260. The molecule has 0 aromatic heterocycles. The number of benzene rings is 3. The Kier molecular flexibility index (Phi) is 3.86. The largest absolute Gasteiger partial charge is 0.460 e. The van der Waals surface area contributed by atoms with Gasteiger partial charge in [0.2, 0.25) is 11.7 Å². The normalized spacial score (nSPS) is 19.7. The van der Waals surface area contributed by atoms with Crippen LogP contribution >= 0.6 is 0 Å². The highest BCUT2D eigenvalue weighted by atomic mass is 16.6. The van der Waals surface area contributed by atoms with E-state index in [9.17, 15) is 9.59 Å². The third-order valence-corrected chi connectivity index (χ3v) is 5.88. The van der Waals surface area contributed by atoms with Crippen molar-refractivity contribution in [2.75, 3.05) is 18.6 Å². The molecule has 3 aromatic rings. The van der Waals surface area contributed by atoms with Gasteiger partial charge in [-0.05, 0) is 29.8 Å². The van der Waals surface area contributed by atoms with Gasteiger partial charge in [-0.1, -0.05) is 48.5 Å². The molecular weight excluding hydrogens is 380 g/mol. The summed E-state index contributed by atoms with van der Waals surface area (Å²) < 4.78 is 11.1. The number of esters is 1. The van der Waals surface area contributed by atoms with Crippen LogP contribution in [0.5, 0.6) is 5.75 Å². The molecule has 30 heavy (non-hydrogen) atoms. The van der Waals surface area contributed by atoms with Crippen molar-refractivity contribution >= 4 is 28.3 Å². The Hall–Kier alpha value is -3.80. The van der Waals surface area contributed by atoms with Crippen LogP contribution < -0.4 is 15.4 Å². The maximum Gasteiger partial charge on any atom is 0.376 e. The summed E-state index contributed by atoms with van der Waals surface area (Å²) in [6, 6.07) is 18.9. The summed E-state index contributed by atoms with van der Waals surface area (Å²) in [5.41, 5.74) is 7.42. The van der Waals surface area contributed by atoms with E-state index in [4.69, 9.17) is 15.2 Å². The van der Waals surface area contributed by atoms with Gasteiger partial charge in [0.1, 0.15) is 11.2 Å². The van der Waals surface area contributed by atoms with Crippen molar-refractivity contribution in [3.8, 4) is 5.75 Å². The first-order valence-corrected chi connectivity index (χ1v) is 9.76. The summed E-state index contributed by atoms with van der Waals surface area (Å²) in [5, 5.41) is 1.80. The van der Waals surface area contributed by atoms with Gasteiger partial charge in [-0.25, -0.2) is 4.79 Å².